The lowest BCUT2D eigenvalue weighted by Crippen LogP contribution is -2.12. The van der Waals surface area contributed by atoms with Gasteiger partial charge in [-0.3, -0.25) is 0 Å². The van der Waals surface area contributed by atoms with Gasteiger partial charge in [-0.1, -0.05) is 86.3 Å². The largest absolute Gasteiger partial charge is 0.0683 e. The minimum absolute atomic E-state index is 0.236. The summed E-state index contributed by atoms with van der Waals surface area (Å²) in [7, 11) is -0.236. The Bertz CT molecular complexity index is 478. The standard InChI is InChI=1S/C17H21P.2C2H6/c1-12-6-13(2)9-16(8-12)18(5)17-10-14(3)7-15(4)11-17;2*1-2/h6-11H,1-5H3;2*1-2H3. The number of benzene rings is 2. The summed E-state index contributed by atoms with van der Waals surface area (Å²) < 4.78 is 0. The molecule has 0 radical (unpaired) electrons. The Labute approximate surface area is 139 Å². The summed E-state index contributed by atoms with van der Waals surface area (Å²) in [5.41, 5.74) is 5.46. The zero-order valence-electron chi connectivity index (χ0n) is 15.9. The van der Waals surface area contributed by atoms with Crippen LogP contribution in [0.25, 0.3) is 0 Å². The maximum atomic E-state index is 2.36. The third-order valence-corrected chi connectivity index (χ3v) is 5.25. The molecule has 2 aromatic carbocycles. The first kappa shape index (κ1) is 20.9. The van der Waals surface area contributed by atoms with Crippen LogP contribution in [0.3, 0.4) is 0 Å². The highest BCUT2D eigenvalue weighted by Crippen LogP contribution is 2.30. The van der Waals surface area contributed by atoms with Crippen LogP contribution in [0.15, 0.2) is 36.4 Å². The molecular formula is C21H33P. The van der Waals surface area contributed by atoms with Crippen molar-refractivity contribution < 1.29 is 0 Å². The summed E-state index contributed by atoms with van der Waals surface area (Å²) in [6.45, 7) is 19.1. The molecule has 1 heteroatoms. The Balaban J connectivity index is 0.00000102. The molecule has 0 unspecified atom stereocenters. The summed E-state index contributed by atoms with van der Waals surface area (Å²) >= 11 is 0. The summed E-state index contributed by atoms with van der Waals surface area (Å²) in [6.07, 6.45) is 0. The van der Waals surface area contributed by atoms with Crippen LogP contribution in [0.2, 0.25) is 0 Å². The van der Waals surface area contributed by atoms with E-state index in [1.165, 1.54) is 32.9 Å². The predicted molar refractivity (Wildman–Crippen MR) is 107 cm³/mol. The topological polar surface area (TPSA) is 0 Å². The molecule has 0 aliphatic rings. The molecule has 0 nitrogen and oxygen atoms in total. The first-order valence-corrected chi connectivity index (χ1v) is 10.1. The van der Waals surface area contributed by atoms with E-state index in [1.807, 2.05) is 27.7 Å². The van der Waals surface area contributed by atoms with Crippen molar-refractivity contribution in [3.63, 3.8) is 0 Å². The molecule has 0 saturated heterocycles. The second-order valence-electron chi connectivity index (χ2n) is 5.25. The zero-order chi connectivity index (χ0) is 17.3. The number of hydrogen-bond acceptors (Lipinski definition) is 0. The second-order valence-corrected chi connectivity index (χ2v) is 7.40. The van der Waals surface area contributed by atoms with Gasteiger partial charge < -0.3 is 0 Å². The summed E-state index contributed by atoms with van der Waals surface area (Å²) in [6, 6.07) is 13.8. The third kappa shape index (κ3) is 6.32. The number of hydrogen-bond donors (Lipinski definition) is 0. The maximum Gasteiger partial charge on any atom is -0.0193 e. The van der Waals surface area contributed by atoms with Gasteiger partial charge in [0, 0.05) is 0 Å². The fourth-order valence-corrected chi connectivity index (χ4v) is 4.32. The summed E-state index contributed by atoms with van der Waals surface area (Å²) in [4.78, 5) is 0. The fraction of sp³-hybridized carbons (Fsp3) is 0.429. The molecule has 0 bridgehead atoms. The van der Waals surface area contributed by atoms with Crippen molar-refractivity contribution in [2.45, 2.75) is 55.4 Å². The van der Waals surface area contributed by atoms with E-state index >= 15 is 0 Å². The van der Waals surface area contributed by atoms with Crippen molar-refractivity contribution in [3.05, 3.63) is 58.7 Å². The van der Waals surface area contributed by atoms with Crippen molar-refractivity contribution in [1.82, 2.24) is 0 Å². The smallest absolute Gasteiger partial charge is 0.0193 e. The molecule has 0 saturated carbocycles. The van der Waals surface area contributed by atoms with Gasteiger partial charge in [-0.05, 0) is 52.9 Å². The number of aryl methyl sites for hydroxylation is 4. The van der Waals surface area contributed by atoms with Crippen LogP contribution in [-0.2, 0) is 0 Å². The van der Waals surface area contributed by atoms with E-state index in [1.54, 1.807) is 0 Å². The molecule has 0 amide bonds. The molecule has 22 heavy (non-hydrogen) atoms. The van der Waals surface area contributed by atoms with E-state index in [0.717, 1.165) is 0 Å². The van der Waals surface area contributed by atoms with E-state index < -0.39 is 0 Å². The van der Waals surface area contributed by atoms with Crippen molar-refractivity contribution >= 4 is 18.5 Å². The van der Waals surface area contributed by atoms with Gasteiger partial charge >= 0.3 is 0 Å². The minimum atomic E-state index is -0.236. The molecule has 0 aliphatic heterocycles. The van der Waals surface area contributed by atoms with Gasteiger partial charge in [0.05, 0.1) is 0 Å². The molecule has 0 fully saturated rings. The lowest BCUT2D eigenvalue weighted by Gasteiger charge is -2.16. The van der Waals surface area contributed by atoms with Crippen molar-refractivity contribution in [2.75, 3.05) is 6.66 Å². The third-order valence-electron chi connectivity index (χ3n) is 3.19. The van der Waals surface area contributed by atoms with Gasteiger partial charge in [0.15, 0.2) is 0 Å². The van der Waals surface area contributed by atoms with Gasteiger partial charge in [0.1, 0.15) is 0 Å². The monoisotopic (exact) mass is 316 g/mol. The van der Waals surface area contributed by atoms with Gasteiger partial charge in [-0.25, -0.2) is 0 Å². The molecule has 0 aliphatic carbocycles. The molecule has 0 N–H and O–H groups in total. The molecule has 2 rings (SSSR count). The highest BCUT2D eigenvalue weighted by atomic mass is 31.1. The van der Waals surface area contributed by atoms with Gasteiger partial charge in [0.2, 0.25) is 0 Å². The van der Waals surface area contributed by atoms with Gasteiger partial charge in [0.25, 0.3) is 0 Å². The average molecular weight is 316 g/mol. The Morgan fingerprint density at radius 1 is 0.500 bits per heavy atom. The van der Waals surface area contributed by atoms with E-state index in [0.29, 0.717) is 0 Å². The Hall–Kier alpha value is -1.13. The van der Waals surface area contributed by atoms with Crippen molar-refractivity contribution in [1.29, 1.82) is 0 Å². The molecular weight excluding hydrogens is 283 g/mol. The molecule has 0 heterocycles. The van der Waals surface area contributed by atoms with Gasteiger partial charge in [-0.2, -0.15) is 0 Å². The SMILES string of the molecule is CC.CC.Cc1cc(C)cc(P(C)c2cc(C)cc(C)c2)c1. The normalized spacial score (nSPS) is 9.55. The quantitative estimate of drug-likeness (QED) is 0.593. The van der Waals surface area contributed by atoms with Crippen LogP contribution in [0.1, 0.15) is 49.9 Å². The first-order chi connectivity index (χ1) is 10.5. The average Bonchev–Trinajstić information content (AvgIpc) is 2.48. The first-order valence-electron chi connectivity index (χ1n) is 8.36. The Morgan fingerprint density at radius 3 is 0.955 bits per heavy atom. The maximum absolute atomic E-state index is 2.36. The lowest BCUT2D eigenvalue weighted by atomic mass is 10.2. The summed E-state index contributed by atoms with van der Waals surface area (Å²) in [5.74, 6) is 0. The van der Waals surface area contributed by atoms with Crippen LogP contribution in [0.5, 0.6) is 0 Å². The van der Waals surface area contributed by atoms with Crippen LogP contribution < -0.4 is 10.6 Å². The highest BCUT2D eigenvalue weighted by molar-refractivity contribution is 7.72. The zero-order valence-corrected chi connectivity index (χ0v) is 16.8. The highest BCUT2D eigenvalue weighted by Gasteiger charge is 2.09. The van der Waals surface area contributed by atoms with Crippen molar-refractivity contribution in [3.8, 4) is 0 Å². The lowest BCUT2D eigenvalue weighted by molar-refractivity contribution is 1.40. The van der Waals surface area contributed by atoms with Crippen LogP contribution in [0, 0.1) is 27.7 Å². The summed E-state index contributed by atoms with van der Waals surface area (Å²) in [5, 5.41) is 2.96. The molecule has 122 valence electrons. The molecule has 2 aromatic rings. The molecule has 0 aromatic heterocycles. The van der Waals surface area contributed by atoms with Crippen LogP contribution in [0.4, 0.5) is 0 Å². The fourth-order valence-electron chi connectivity index (χ4n) is 2.44. The van der Waals surface area contributed by atoms with Gasteiger partial charge in [-0.15, -0.1) is 0 Å². The van der Waals surface area contributed by atoms with E-state index in [4.69, 9.17) is 0 Å². The molecule has 0 spiro atoms. The Kier molecular flexibility index (Phi) is 10.0. The van der Waals surface area contributed by atoms with E-state index in [2.05, 4.69) is 70.8 Å². The second kappa shape index (κ2) is 10.6. The minimum Gasteiger partial charge on any atom is -0.0683 e. The van der Waals surface area contributed by atoms with Crippen LogP contribution >= 0.6 is 7.92 Å². The van der Waals surface area contributed by atoms with E-state index in [9.17, 15) is 0 Å². The van der Waals surface area contributed by atoms with Crippen molar-refractivity contribution in [2.24, 2.45) is 0 Å². The number of rotatable bonds is 2. The Morgan fingerprint density at radius 2 is 0.727 bits per heavy atom. The van der Waals surface area contributed by atoms with E-state index in [-0.39, 0.29) is 7.92 Å². The molecule has 0 atom stereocenters. The van der Waals surface area contributed by atoms with Crippen LogP contribution in [-0.4, -0.2) is 6.66 Å². The predicted octanol–water partition coefficient (Wildman–Crippen LogP) is 6.04.